The van der Waals surface area contributed by atoms with E-state index in [0.29, 0.717) is 10.8 Å². The molecule has 36 heavy (non-hydrogen) atoms. The van der Waals surface area contributed by atoms with Crippen molar-refractivity contribution in [3.63, 3.8) is 0 Å². The van der Waals surface area contributed by atoms with E-state index in [4.69, 9.17) is 18.9 Å². The van der Waals surface area contributed by atoms with Crippen LogP contribution in [0.3, 0.4) is 0 Å². The predicted molar refractivity (Wildman–Crippen MR) is 129 cm³/mol. The molecule has 0 aromatic heterocycles. The molecule has 0 bridgehead atoms. The minimum Gasteiger partial charge on any atom is -0.465 e. The van der Waals surface area contributed by atoms with Gasteiger partial charge in [-0.15, -0.1) is 0 Å². The molecule has 0 unspecified atom stereocenters. The van der Waals surface area contributed by atoms with Crippen LogP contribution < -0.4 is 9.47 Å². The monoisotopic (exact) mass is 484 g/mol. The number of benzene rings is 4. The highest BCUT2D eigenvalue weighted by atomic mass is 16.6. The number of carbonyl (C=O) groups excluding carboxylic acids is 4. The van der Waals surface area contributed by atoms with Crippen LogP contribution in [-0.2, 0) is 9.47 Å². The second kappa shape index (κ2) is 10.5. The Labute approximate surface area is 206 Å². The number of ether oxygens (including phenoxy) is 4. The Morgan fingerprint density at radius 3 is 1.28 bits per heavy atom. The van der Waals surface area contributed by atoms with Gasteiger partial charge in [0.2, 0.25) is 0 Å². The fourth-order valence-electron chi connectivity index (χ4n) is 3.49. The zero-order valence-corrected chi connectivity index (χ0v) is 19.3. The third-order valence-corrected chi connectivity index (χ3v) is 5.30. The van der Waals surface area contributed by atoms with E-state index in [9.17, 15) is 19.2 Å². The molecule has 0 aliphatic rings. The van der Waals surface area contributed by atoms with E-state index in [0.717, 1.165) is 0 Å². The predicted octanol–water partition coefficient (Wildman–Crippen LogP) is 4.85. The lowest BCUT2D eigenvalue weighted by Crippen LogP contribution is -2.13. The van der Waals surface area contributed by atoms with E-state index in [-0.39, 0.29) is 33.8 Å². The molecule has 180 valence electrons. The smallest absolute Gasteiger partial charge is 0.343 e. The van der Waals surface area contributed by atoms with E-state index in [2.05, 4.69) is 0 Å². The molecule has 0 N–H and O–H groups in total. The summed E-state index contributed by atoms with van der Waals surface area (Å²) in [6.45, 7) is 0. The van der Waals surface area contributed by atoms with Crippen molar-refractivity contribution in [2.45, 2.75) is 0 Å². The van der Waals surface area contributed by atoms with Crippen molar-refractivity contribution in [3.05, 3.63) is 107 Å². The van der Waals surface area contributed by atoms with Crippen LogP contribution in [0.4, 0.5) is 0 Å². The number of esters is 4. The molecule has 8 nitrogen and oxygen atoms in total. The van der Waals surface area contributed by atoms with E-state index < -0.39 is 23.9 Å². The third kappa shape index (κ3) is 5.07. The minimum atomic E-state index is -0.656. The van der Waals surface area contributed by atoms with Crippen molar-refractivity contribution in [2.75, 3.05) is 14.2 Å². The summed E-state index contributed by atoms with van der Waals surface area (Å²) in [6.07, 6.45) is 0. The molecular formula is C28H20O8. The lowest BCUT2D eigenvalue weighted by atomic mass is 10.0. The normalized spacial score (nSPS) is 10.4. The second-order valence-electron chi connectivity index (χ2n) is 7.53. The topological polar surface area (TPSA) is 105 Å². The largest absolute Gasteiger partial charge is 0.465 e. The first kappa shape index (κ1) is 24.2. The van der Waals surface area contributed by atoms with Crippen LogP contribution in [0.15, 0.2) is 84.9 Å². The molecule has 0 atom stereocenters. The van der Waals surface area contributed by atoms with Gasteiger partial charge in [0.05, 0.1) is 25.3 Å². The number of fused-ring (bicyclic) bond motifs is 1. The van der Waals surface area contributed by atoms with Gasteiger partial charge in [-0.2, -0.15) is 0 Å². The third-order valence-electron chi connectivity index (χ3n) is 5.30. The molecule has 4 aromatic rings. The molecule has 0 aliphatic carbocycles. The molecule has 0 saturated carbocycles. The number of para-hydroxylation sites is 2. The van der Waals surface area contributed by atoms with E-state index >= 15 is 0 Å². The Bertz CT molecular complexity index is 1380. The van der Waals surface area contributed by atoms with Crippen molar-refractivity contribution < 1.29 is 38.1 Å². The zero-order chi connectivity index (χ0) is 25.7. The highest BCUT2D eigenvalue weighted by molar-refractivity contribution is 6.01. The van der Waals surface area contributed by atoms with E-state index in [1.807, 2.05) is 0 Å². The standard InChI is InChI=1S/C28H20O8/c1-33-27(31)21-7-3-5-9-23(21)35-25(29)19-13-11-18-16-20(14-12-17(18)15-19)26(30)36-24-10-6-4-8-22(24)28(32)34-2/h3-16H,1-2H3. The van der Waals surface area contributed by atoms with Crippen LogP contribution in [0.5, 0.6) is 11.5 Å². The van der Waals surface area contributed by atoms with Gasteiger partial charge in [0.1, 0.15) is 22.6 Å². The van der Waals surface area contributed by atoms with Gasteiger partial charge in [0.25, 0.3) is 0 Å². The second-order valence-corrected chi connectivity index (χ2v) is 7.53. The first-order valence-electron chi connectivity index (χ1n) is 10.7. The molecule has 0 radical (unpaired) electrons. The fourth-order valence-corrected chi connectivity index (χ4v) is 3.49. The first-order chi connectivity index (χ1) is 17.4. The SMILES string of the molecule is COC(=O)c1ccccc1OC(=O)c1ccc2cc(C(=O)Oc3ccccc3C(=O)OC)ccc2c1. The summed E-state index contributed by atoms with van der Waals surface area (Å²) in [5.74, 6) is -2.39. The average molecular weight is 484 g/mol. The molecule has 4 rings (SSSR count). The fraction of sp³-hybridized carbons (Fsp3) is 0.0714. The van der Waals surface area contributed by atoms with Gasteiger partial charge < -0.3 is 18.9 Å². The van der Waals surface area contributed by atoms with Crippen LogP contribution in [0, 0.1) is 0 Å². The Balaban J connectivity index is 1.54. The summed E-state index contributed by atoms with van der Waals surface area (Å²) in [7, 11) is 2.48. The van der Waals surface area contributed by atoms with Crippen LogP contribution in [0.25, 0.3) is 10.8 Å². The van der Waals surface area contributed by atoms with Gasteiger partial charge in [-0.1, -0.05) is 36.4 Å². The van der Waals surface area contributed by atoms with Crippen molar-refractivity contribution in [2.24, 2.45) is 0 Å². The molecule has 4 aromatic carbocycles. The molecular weight excluding hydrogens is 464 g/mol. The Kier molecular flexibility index (Phi) is 7.06. The van der Waals surface area contributed by atoms with Gasteiger partial charge in [-0.25, -0.2) is 19.2 Å². The molecule has 8 heteroatoms. The van der Waals surface area contributed by atoms with Crippen LogP contribution in [0.2, 0.25) is 0 Å². The van der Waals surface area contributed by atoms with Crippen LogP contribution >= 0.6 is 0 Å². The van der Waals surface area contributed by atoms with Crippen molar-refractivity contribution >= 4 is 34.6 Å². The quantitative estimate of drug-likeness (QED) is 0.283. The minimum absolute atomic E-state index is 0.0831. The number of hydrogen-bond acceptors (Lipinski definition) is 8. The summed E-state index contributed by atoms with van der Waals surface area (Å²) >= 11 is 0. The van der Waals surface area contributed by atoms with Crippen LogP contribution in [-0.4, -0.2) is 38.1 Å². The van der Waals surface area contributed by atoms with Gasteiger partial charge >= 0.3 is 23.9 Å². The number of carbonyl (C=O) groups is 4. The summed E-state index contributed by atoms with van der Waals surface area (Å²) in [5, 5.41) is 1.36. The van der Waals surface area contributed by atoms with Gasteiger partial charge in [0, 0.05) is 0 Å². The first-order valence-corrected chi connectivity index (χ1v) is 10.7. The van der Waals surface area contributed by atoms with Crippen molar-refractivity contribution in [1.29, 1.82) is 0 Å². The maximum Gasteiger partial charge on any atom is 0.343 e. The summed E-state index contributed by atoms with van der Waals surface area (Å²) in [6, 6.07) is 22.2. The van der Waals surface area contributed by atoms with Gasteiger partial charge in [0.15, 0.2) is 0 Å². The van der Waals surface area contributed by atoms with Crippen molar-refractivity contribution in [1.82, 2.24) is 0 Å². The van der Waals surface area contributed by atoms with Gasteiger partial charge in [-0.3, -0.25) is 0 Å². The zero-order valence-electron chi connectivity index (χ0n) is 19.3. The lowest BCUT2D eigenvalue weighted by Gasteiger charge is -2.10. The Hall–Kier alpha value is -4.98. The number of methoxy groups -OCH3 is 2. The molecule has 0 heterocycles. The van der Waals surface area contributed by atoms with Crippen molar-refractivity contribution in [3.8, 4) is 11.5 Å². The summed E-state index contributed by atoms with van der Waals surface area (Å²) < 4.78 is 20.3. The maximum absolute atomic E-state index is 12.7. The Morgan fingerprint density at radius 1 is 0.500 bits per heavy atom. The van der Waals surface area contributed by atoms with Crippen LogP contribution in [0.1, 0.15) is 41.4 Å². The molecule has 0 amide bonds. The highest BCUT2D eigenvalue weighted by Crippen LogP contribution is 2.24. The molecule has 0 aliphatic heterocycles. The molecule has 0 saturated heterocycles. The lowest BCUT2D eigenvalue weighted by molar-refractivity contribution is 0.0580. The molecule has 0 fully saturated rings. The summed E-state index contributed by atoms with van der Waals surface area (Å²) in [5.41, 5.74) is 0.770. The van der Waals surface area contributed by atoms with E-state index in [1.165, 1.54) is 38.5 Å². The molecule has 0 spiro atoms. The average Bonchev–Trinajstić information content (AvgIpc) is 2.92. The van der Waals surface area contributed by atoms with Gasteiger partial charge in [-0.05, 0) is 59.3 Å². The highest BCUT2D eigenvalue weighted by Gasteiger charge is 2.19. The van der Waals surface area contributed by atoms with E-state index in [1.54, 1.807) is 60.7 Å². The number of rotatable bonds is 6. The summed E-state index contributed by atoms with van der Waals surface area (Å²) in [4.78, 5) is 49.3. The number of hydrogen-bond donors (Lipinski definition) is 0. The maximum atomic E-state index is 12.7. The Morgan fingerprint density at radius 2 is 0.889 bits per heavy atom.